The Labute approximate surface area is 121 Å². The van der Waals surface area contributed by atoms with E-state index >= 15 is 0 Å². The Morgan fingerprint density at radius 3 is 2.71 bits per heavy atom. The molecule has 1 aromatic carbocycles. The normalized spacial score (nSPS) is 11.8. The molecule has 1 aromatic heterocycles. The van der Waals surface area contributed by atoms with Crippen LogP contribution in [0.4, 0.5) is 10.1 Å². The van der Waals surface area contributed by atoms with E-state index in [1.807, 2.05) is 0 Å². The van der Waals surface area contributed by atoms with E-state index in [0.717, 1.165) is 16.4 Å². The molecule has 0 aliphatic rings. The minimum atomic E-state index is -3.89. The Hall–Kier alpha value is -2.13. The van der Waals surface area contributed by atoms with Crippen LogP contribution in [0.1, 0.15) is 5.82 Å². The third kappa shape index (κ3) is 2.98. The smallest absolute Gasteiger partial charge is 0.243 e. The number of sulfonamides is 1. The first kappa shape index (κ1) is 15.3. The van der Waals surface area contributed by atoms with E-state index in [1.165, 1.54) is 20.4 Å². The van der Waals surface area contributed by atoms with Gasteiger partial charge in [-0.2, -0.15) is 4.31 Å². The molecule has 0 aliphatic heterocycles. The molecule has 0 amide bonds. The number of methoxy groups -OCH3 is 1. The highest BCUT2D eigenvalue weighted by atomic mass is 32.2. The van der Waals surface area contributed by atoms with E-state index in [2.05, 4.69) is 9.97 Å². The van der Waals surface area contributed by atoms with Gasteiger partial charge < -0.3 is 15.5 Å². The summed E-state index contributed by atoms with van der Waals surface area (Å²) in [6, 6.07) is 2.04. The predicted octanol–water partition coefficient (Wildman–Crippen LogP) is 0.960. The van der Waals surface area contributed by atoms with Crippen molar-refractivity contribution < 1.29 is 17.5 Å². The van der Waals surface area contributed by atoms with E-state index in [9.17, 15) is 12.8 Å². The minimum Gasteiger partial charge on any atom is -0.492 e. The first-order valence-electron chi connectivity index (χ1n) is 5.94. The molecule has 21 heavy (non-hydrogen) atoms. The van der Waals surface area contributed by atoms with Crippen LogP contribution in [-0.4, -0.2) is 36.8 Å². The number of imidazole rings is 1. The maximum atomic E-state index is 13.8. The second-order valence-electron chi connectivity index (χ2n) is 4.32. The van der Waals surface area contributed by atoms with E-state index in [0.29, 0.717) is 5.82 Å². The van der Waals surface area contributed by atoms with Crippen LogP contribution in [0.3, 0.4) is 0 Å². The van der Waals surface area contributed by atoms with Gasteiger partial charge in [-0.05, 0) is 12.1 Å². The first-order chi connectivity index (χ1) is 9.86. The maximum absolute atomic E-state index is 13.8. The Morgan fingerprint density at radius 2 is 2.19 bits per heavy atom. The van der Waals surface area contributed by atoms with Crippen LogP contribution in [0.5, 0.6) is 5.75 Å². The van der Waals surface area contributed by atoms with Gasteiger partial charge in [0.15, 0.2) is 11.6 Å². The van der Waals surface area contributed by atoms with Gasteiger partial charge in [-0.15, -0.1) is 0 Å². The van der Waals surface area contributed by atoms with E-state index in [-0.39, 0.29) is 22.9 Å². The Balaban J connectivity index is 2.35. The zero-order valence-corrected chi connectivity index (χ0v) is 12.3. The van der Waals surface area contributed by atoms with Crippen LogP contribution in [0.2, 0.25) is 0 Å². The number of aromatic nitrogens is 2. The highest BCUT2D eigenvalue weighted by Gasteiger charge is 2.24. The SMILES string of the molecule is COc1c(N)cc(S(=O)(=O)N(C)Cc2ncc[nH]2)cc1F. The van der Waals surface area contributed by atoms with Gasteiger partial charge in [0.1, 0.15) is 5.82 Å². The molecule has 7 nitrogen and oxygen atoms in total. The van der Waals surface area contributed by atoms with Gasteiger partial charge in [-0.25, -0.2) is 17.8 Å². The number of nitrogens with zero attached hydrogens (tertiary/aromatic N) is 2. The number of anilines is 1. The van der Waals surface area contributed by atoms with Crippen molar-refractivity contribution in [2.24, 2.45) is 0 Å². The predicted molar refractivity (Wildman–Crippen MR) is 74.6 cm³/mol. The van der Waals surface area contributed by atoms with E-state index in [4.69, 9.17) is 10.5 Å². The molecule has 9 heteroatoms. The molecule has 3 N–H and O–H groups in total. The average molecular weight is 314 g/mol. The van der Waals surface area contributed by atoms with Crippen LogP contribution >= 0.6 is 0 Å². The van der Waals surface area contributed by atoms with Crippen LogP contribution < -0.4 is 10.5 Å². The third-order valence-electron chi connectivity index (χ3n) is 2.89. The third-order valence-corrected chi connectivity index (χ3v) is 4.67. The van der Waals surface area contributed by atoms with Crippen molar-refractivity contribution in [3.63, 3.8) is 0 Å². The molecule has 114 valence electrons. The lowest BCUT2D eigenvalue weighted by molar-refractivity contribution is 0.387. The fraction of sp³-hybridized carbons (Fsp3) is 0.250. The van der Waals surface area contributed by atoms with Crippen molar-refractivity contribution in [2.45, 2.75) is 11.4 Å². The Morgan fingerprint density at radius 1 is 1.48 bits per heavy atom. The number of ether oxygens (including phenoxy) is 1. The van der Waals surface area contributed by atoms with Gasteiger partial charge in [0.05, 0.1) is 24.2 Å². The minimum absolute atomic E-state index is 0.0306. The van der Waals surface area contributed by atoms with Crippen LogP contribution in [0, 0.1) is 5.82 Å². The standard InChI is InChI=1S/C12H15FN4O3S/c1-17(7-11-15-3-4-16-11)21(18,19)8-5-9(13)12(20-2)10(14)6-8/h3-6H,7,14H2,1-2H3,(H,15,16). The highest BCUT2D eigenvalue weighted by Crippen LogP contribution is 2.29. The summed E-state index contributed by atoms with van der Waals surface area (Å²) in [4.78, 5) is 6.50. The molecule has 0 spiro atoms. The number of nitrogens with one attached hydrogen (secondary N) is 1. The number of nitrogen functional groups attached to an aromatic ring is 1. The van der Waals surface area contributed by atoms with Gasteiger partial charge >= 0.3 is 0 Å². The second-order valence-corrected chi connectivity index (χ2v) is 6.37. The number of halogens is 1. The summed E-state index contributed by atoms with van der Waals surface area (Å²) >= 11 is 0. The first-order valence-corrected chi connectivity index (χ1v) is 7.38. The van der Waals surface area contributed by atoms with Crippen molar-refractivity contribution in [2.75, 3.05) is 19.9 Å². The number of benzene rings is 1. The van der Waals surface area contributed by atoms with Gasteiger partial charge in [-0.3, -0.25) is 0 Å². The monoisotopic (exact) mass is 314 g/mol. The molecule has 0 aliphatic carbocycles. The summed E-state index contributed by atoms with van der Waals surface area (Å²) in [5.74, 6) is -0.534. The van der Waals surface area contributed by atoms with Gasteiger partial charge in [-0.1, -0.05) is 0 Å². The molecular weight excluding hydrogens is 299 g/mol. The van der Waals surface area contributed by atoms with Crippen LogP contribution in [0.25, 0.3) is 0 Å². The van der Waals surface area contributed by atoms with Gasteiger partial charge in [0.2, 0.25) is 10.0 Å². The van der Waals surface area contributed by atoms with Gasteiger partial charge in [0, 0.05) is 19.4 Å². The summed E-state index contributed by atoms with van der Waals surface area (Å²) in [6.07, 6.45) is 3.10. The molecule has 0 saturated carbocycles. The van der Waals surface area contributed by atoms with Crippen LogP contribution in [0.15, 0.2) is 29.4 Å². The van der Waals surface area contributed by atoms with Gasteiger partial charge in [0.25, 0.3) is 0 Å². The molecule has 0 radical (unpaired) electrons. The molecule has 0 atom stereocenters. The lowest BCUT2D eigenvalue weighted by atomic mass is 10.3. The largest absolute Gasteiger partial charge is 0.492 e. The van der Waals surface area contributed by atoms with Crippen molar-refractivity contribution in [1.82, 2.24) is 14.3 Å². The number of hydrogen-bond donors (Lipinski definition) is 2. The molecule has 1 heterocycles. The Bertz CT molecular complexity index is 708. The Kier molecular flexibility index (Phi) is 4.14. The number of rotatable bonds is 5. The highest BCUT2D eigenvalue weighted by molar-refractivity contribution is 7.89. The fourth-order valence-electron chi connectivity index (χ4n) is 1.81. The average Bonchev–Trinajstić information content (AvgIpc) is 2.91. The number of H-pyrrole nitrogens is 1. The van der Waals surface area contributed by atoms with Crippen molar-refractivity contribution in [1.29, 1.82) is 0 Å². The quantitative estimate of drug-likeness (QED) is 0.801. The molecule has 0 bridgehead atoms. The summed E-state index contributed by atoms with van der Waals surface area (Å²) in [5.41, 5.74) is 5.52. The maximum Gasteiger partial charge on any atom is 0.243 e. The topological polar surface area (TPSA) is 101 Å². The second kappa shape index (κ2) is 5.70. The van der Waals surface area contributed by atoms with Crippen molar-refractivity contribution >= 4 is 15.7 Å². The van der Waals surface area contributed by atoms with Crippen molar-refractivity contribution in [3.8, 4) is 5.75 Å². The van der Waals surface area contributed by atoms with Crippen molar-refractivity contribution in [3.05, 3.63) is 36.2 Å². The molecule has 0 saturated heterocycles. The lowest BCUT2D eigenvalue weighted by Crippen LogP contribution is -2.27. The van der Waals surface area contributed by atoms with E-state index < -0.39 is 15.8 Å². The molecule has 0 unspecified atom stereocenters. The number of aromatic amines is 1. The molecular formula is C12H15FN4O3S. The molecule has 2 aromatic rings. The lowest BCUT2D eigenvalue weighted by Gasteiger charge is -2.17. The summed E-state index contributed by atoms with van der Waals surface area (Å²) < 4.78 is 44.4. The van der Waals surface area contributed by atoms with E-state index in [1.54, 1.807) is 6.20 Å². The molecule has 2 rings (SSSR count). The zero-order chi connectivity index (χ0) is 15.6. The summed E-state index contributed by atoms with van der Waals surface area (Å²) in [6.45, 7) is 0.0306. The van der Waals surface area contributed by atoms with Crippen LogP contribution in [-0.2, 0) is 16.6 Å². The zero-order valence-electron chi connectivity index (χ0n) is 11.5. The number of nitrogens with two attached hydrogens (primary N) is 1. The molecule has 0 fully saturated rings. The summed E-state index contributed by atoms with van der Waals surface area (Å²) in [7, 11) is -1.26. The fourth-order valence-corrected chi connectivity index (χ4v) is 2.99. The summed E-state index contributed by atoms with van der Waals surface area (Å²) in [5, 5.41) is 0. The number of hydrogen-bond acceptors (Lipinski definition) is 5.